The van der Waals surface area contributed by atoms with E-state index in [0.29, 0.717) is 6.54 Å². The molecule has 1 heterocycles. The SMILES string of the molecule is CCCNCCc1cn(CC(=O)N(C)C(C)C)cn1. The predicted octanol–water partition coefficient (Wildman–Crippen LogP) is 1.29. The summed E-state index contributed by atoms with van der Waals surface area (Å²) in [6.45, 7) is 8.51. The second-order valence-corrected chi connectivity index (χ2v) is 5.14. The lowest BCUT2D eigenvalue weighted by atomic mass is 10.3. The smallest absolute Gasteiger partial charge is 0.242 e. The molecule has 1 rings (SSSR count). The van der Waals surface area contributed by atoms with E-state index in [0.717, 1.165) is 31.6 Å². The fourth-order valence-electron chi connectivity index (χ4n) is 1.70. The van der Waals surface area contributed by atoms with Crippen molar-refractivity contribution in [3.63, 3.8) is 0 Å². The van der Waals surface area contributed by atoms with Gasteiger partial charge in [0.05, 0.1) is 12.0 Å². The van der Waals surface area contributed by atoms with E-state index in [-0.39, 0.29) is 11.9 Å². The maximum atomic E-state index is 11.9. The second kappa shape index (κ2) is 7.94. The molecule has 0 aliphatic heterocycles. The van der Waals surface area contributed by atoms with Crippen LogP contribution < -0.4 is 5.32 Å². The summed E-state index contributed by atoms with van der Waals surface area (Å²) in [5.41, 5.74) is 1.03. The van der Waals surface area contributed by atoms with Gasteiger partial charge in [0.2, 0.25) is 5.91 Å². The molecule has 0 aromatic carbocycles. The van der Waals surface area contributed by atoms with Gasteiger partial charge < -0.3 is 14.8 Å². The van der Waals surface area contributed by atoms with Crippen LogP contribution in [0.2, 0.25) is 0 Å². The molecule has 108 valence electrons. The van der Waals surface area contributed by atoms with Crippen LogP contribution in [-0.2, 0) is 17.8 Å². The van der Waals surface area contributed by atoms with Crippen LogP contribution in [0.25, 0.3) is 0 Å². The van der Waals surface area contributed by atoms with E-state index in [9.17, 15) is 4.79 Å². The van der Waals surface area contributed by atoms with Crippen molar-refractivity contribution < 1.29 is 4.79 Å². The molecule has 5 heteroatoms. The lowest BCUT2D eigenvalue weighted by Gasteiger charge is -2.21. The van der Waals surface area contributed by atoms with Crippen molar-refractivity contribution in [2.75, 3.05) is 20.1 Å². The molecule has 19 heavy (non-hydrogen) atoms. The Labute approximate surface area is 116 Å². The number of hydrogen-bond acceptors (Lipinski definition) is 3. The van der Waals surface area contributed by atoms with Gasteiger partial charge in [-0.1, -0.05) is 6.92 Å². The van der Waals surface area contributed by atoms with Gasteiger partial charge in [0.15, 0.2) is 0 Å². The highest BCUT2D eigenvalue weighted by atomic mass is 16.2. The number of hydrogen-bond donors (Lipinski definition) is 1. The van der Waals surface area contributed by atoms with Gasteiger partial charge in [-0.15, -0.1) is 0 Å². The zero-order valence-electron chi connectivity index (χ0n) is 12.5. The molecular formula is C14H26N4O. The Balaban J connectivity index is 2.40. The number of carbonyl (C=O) groups is 1. The molecule has 1 aromatic heterocycles. The van der Waals surface area contributed by atoms with Crippen LogP contribution in [0.1, 0.15) is 32.9 Å². The Morgan fingerprint density at radius 2 is 2.21 bits per heavy atom. The van der Waals surface area contributed by atoms with Gasteiger partial charge in [-0.3, -0.25) is 4.79 Å². The van der Waals surface area contributed by atoms with Crippen LogP contribution in [0.4, 0.5) is 0 Å². The highest BCUT2D eigenvalue weighted by Crippen LogP contribution is 2.01. The molecule has 0 unspecified atom stereocenters. The van der Waals surface area contributed by atoms with Gasteiger partial charge in [0.1, 0.15) is 6.54 Å². The van der Waals surface area contributed by atoms with E-state index in [2.05, 4.69) is 17.2 Å². The second-order valence-electron chi connectivity index (χ2n) is 5.14. The quantitative estimate of drug-likeness (QED) is 0.721. The molecule has 0 radical (unpaired) electrons. The van der Waals surface area contributed by atoms with Gasteiger partial charge in [-0.25, -0.2) is 4.98 Å². The number of nitrogens with zero attached hydrogens (tertiary/aromatic N) is 3. The number of rotatable bonds is 8. The minimum absolute atomic E-state index is 0.114. The molecule has 0 fully saturated rings. The Morgan fingerprint density at radius 3 is 2.84 bits per heavy atom. The van der Waals surface area contributed by atoms with E-state index in [4.69, 9.17) is 0 Å². The van der Waals surface area contributed by atoms with Crippen molar-refractivity contribution in [3.8, 4) is 0 Å². The topological polar surface area (TPSA) is 50.2 Å². The molecule has 0 aliphatic rings. The van der Waals surface area contributed by atoms with Gasteiger partial charge in [-0.05, 0) is 26.8 Å². The lowest BCUT2D eigenvalue weighted by molar-refractivity contribution is -0.131. The first-order valence-electron chi connectivity index (χ1n) is 7.01. The predicted molar refractivity (Wildman–Crippen MR) is 77.0 cm³/mol. The average Bonchev–Trinajstić information content (AvgIpc) is 2.81. The maximum absolute atomic E-state index is 11.9. The van der Waals surface area contributed by atoms with Crippen LogP contribution in [0.15, 0.2) is 12.5 Å². The van der Waals surface area contributed by atoms with Gasteiger partial charge in [0.25, 0.3) is 0 Å². The third-order valence-electron chi connectivity index (χ3n) is 3.16. The summed E-state index contributed by atoms with van der Waals surface area (Å²) < 4.78 is 1.86. The number of nitrogens with one attached hydrogen (secondary N) is 1. The average molecular weight is 266 g/mol. The monoisotopic (exact) mass is 266 g/mol. The molecule has 1 amide bonds. The van der Waals surface area contributed by atoms with Crippen LogP contribution in [0.3, 0.4) is 0 Å². The maximum Gasteiger partial charge on any atom is 0.242 e. The standard InChI is InChI=1S/C14H26N4O/c1-5-7-15-8-6-13-9-18(11-16-13)10-14(19)17(4)12(2)3/h9,11-12,15H,5-8,10H2,1-4H3. The summed E-state index contributed by atoms with van der Waals surface area (Å²) in [5, 5.41) is 3.34. The lowest BCUT2D eigenvalue weighted by Crippen LogP contribution is -2.35. The molecule has 0 atom stereocenters. The first-order valence-corrected chi connectivity index (χ1v) is 7.01. The molecule has 5 nitrogen and oxygen atoms in total. The highest BCUT2D eigenvalue weighted by molar-refractivity contribution is 5.75. The minimum Gasteiger partial charge on any atom is -0.342 e. The molecule has 1 aromatic rings. The molecule has 0 aliphatic carbocycles. The summed E-state index contributed by atoms with van der Waals surface area (Å²) in [6, 6.07) is 0.230. The first kappa shape index (κ1) is 15.7. The van der Waals surface area contributed by atoms with E-state index in [1.165, 1.54) is 0 Å². The van der Waals surface area contributed by atoms with Crippen LogP contribution >= 0.6 is 0 Å². The number of amides is 1. The van der Waals surface area contributed by atoms with Crippen molar-refractivity contribution in [1.82, 2.24) is 19.8 Å². The Bertz CT molecular complexity index is 387. The normalized spacial score (nSPS) is 11.0. The van der Waals surface area contributed by atoms with Crippen molar-refractivity contribution in [1.29, 1.82) is 0 Å². The fraction of sp³-hybridized carbons (Fsp3) is 0.714. The molecular weight excluding hydrogens is 240 g/mol. The molecule has 0 saturated heterocycles. The van der Waals surface area contributed by atoms with Gasteiger partial charge >= 0.3 is 0 Å². The largest absolute Gasteiger partial charge is 0.342 e. The molecule has 1 N–H and O–H groups in total. The number of aromatic nitrogens is 2. The summed E-state index contributed by atoms with van der Waals surface area (Å²) in [6.07, 6.45) is 5.74. The van der Waals surface area contributed by atoms with Crippen molar-refractivity contribution >= 4 is 5.91 Å². The van der Waals surface area contributed by atoms with Crippen molar-refractivity contribution in [2.24, 2.45) is 0 Å². The van der Waals surface area contributed by atoms with Crippen molar-refractivity contribution in [2.45, 2.75) is 46.2 Å². The molecule has 0 spiro atoms. The number of imidazole rings is 1. The minimum atomic E-state index is 0.114. The summed E-state index contributed by atoms with van der Waals surface area (Å²) in [5.74, 6) is 0.114. The molecule has 0 saturated carbocycles. The fourth-order valence-corrected chi connectivity index (χ4v) is 1.70. The van der Waals surface area contributed by atoms with E-state index in [1.807, 2.05) is 31.7 Å². The third-order valence-corrected chi connectivity index (χ3v) is 3.16. The number of carbonyl (C=O) groups excluding carboxylic acids is 1. The zero-order chi connectivity index (χ0) is 14.3. The third kappa shape index (κ3) is 5.42. The van der Waals surface area contributed by atoms with Crippen LogP contribution in [-0.4, -0.2) is 46.5 Å². The van der Waals surface area contributed by atoms with Crippen molar-refractivity contribution in [3.05, 3.63) is 18.2 Å². The van der Waals surface area contributed by atoms with E-state index < -0.39 is 0 Å². The van der Waals surface area contributed by atoms with Gasteiger partial charge in [-0.2, -0.15) is 0 Å². The highest BCUT2D eigenvalue weighted by Gasteiger charge is 2.12. The summed E-state index contributed by atoms with van der Waals surface area (Å²) in [4.78, 5) is 18.0. The van der Waals surface area contributed by atoms with Crippen LogP contribution in [0, 0.1) is 0 Å². The van der Waals surface area contributed by atoms with E-state index in [1.54, 1.807) is 11.2 Å². The van der Waals surface area contributed by atoms with E-state index >= 15 is 0 Å². The zero-order valence-corrected chi connectivity index (χ0v) is 12.5. The summed E-state index contributed by atoms with van der Waals surface area (Å²) in [7, 11) is 1.83. The number of likely N-dealkylation sites (N-methyl/N-ethyl adjacent to an activating group) is 1. The first-order chi connectivity index (χ1) is 9.04. The Morgan fingerprint density at radius 1 is 1.47 bits per heavy atom. The van der Waals surface area contributed by atoms with Gasteiger partial charge in [0, 0.05) is 32.3 Å². The molecule has 0 bridgehead atoms. The summed E-state index contributed by atoms with van der Waals surface area (Å²) >= 11 is 0. The Kier molecular flexibility index (Phi) is 6.56. The Hall–Kier alpha value is -1.36. The van der Waals surface area contributed by atoms with Crippen LogP contribution in [0.5, 0.6) is 0 Å².